The number of halogens is 1. The molecule has 0 unspecified atom stereocenters. The van der Waals surface area contributed by atoms with E-state index in [9.17, 15) is 9.59 Å². The van der Waals surface area contributed by atoms with Crippen LogP contribution in [0.25, 0.3) is 11.3 Å². The van der Waals surface area contributed by atoms with Crippen molar-refractivity contribution in [2.24, 2.45) is 0 Å². The van der Waals surface area contributed by atoms with E-state index in [0.29, 0.717) is 48.5 Å². The van der Waals surface area contributed by atoms with Crippen molar-refractivity contribution in [2.45, 2.75) is 57.9 Å². The van der Waals surface area contributed by atoms with Crippen LogP contribution in [-0.2, 0) is 22.6 Å². The van der Waals surface area contributed by atoms with Crippen molar-refractivity contribution in [1.29, 1.82) is 0 Å². The molecule has 10 nitrogen and oxygen atoms in total. The van der Waals surface area contributed by atoms with Gasteiger partial charge in [0.2, 0.25) is 11.9 Å². The number of hydrogen-bond donors (Lipinski definition) is 3. The Morgan fingerprint density at radius 1 is 1.18 bits per heavy atom. The molecule has 2 aliphatic heterocycles. The number of pyridine rings is 1. The Kier molecular flexibility index (Phi) is 8.58. The Balaban J connectivity index is 1.28. The molecule has 0 aliphatic carbocycles. The van der Waals surface area contributed by atoms with E-state index in [2.05, 4.69) is 30.9 Å². The Morgan fingerprint density at radius 3 is 2.75 bits per heavy atom. The summed E-state index contributed by atoms with van der Waals surface area (Å²) in [6.45, 7) is 6.03. The second-order valence-corrected chi connectivity index (χ2v) is 10.6. The van der Waals surface area contributed by atoms with E-state index in [1.165, 1.54) is 0 Å². The molecule has 0 radical (unpaired) electrons. The number of amides is 2. The number of carbonyl (C=O) groups excluding carboxylic acids is 2. The van der Waals surface area contributed by atoms with Gasteiger partial charge in [-0.2, -0.15) is 0 Å². The number of nitrogens with zero attached hydrogens (tertiary/aromatic N) is 4. The highest BCUT2D eigenvalue weighted by molar-refractivity contribution is 6.33. The van der Waals surface area contributed by atoms with Crippen LogP contribution in [0.2, 0.25) is 5.02 Å². The summed E-state index contributed by atoms with van der Waals surface area (Å²) >= 11 is 6.48. The van der Waals surface area contributed by atoms with Gasteiger partial charge in [-0.3, -0.25) is 14.6 Å². The minimum absolute atomic E-state index is 0.202. The molecule has 2 amide bonds. The average Bonchev–Trinajstić information content (AvgIpc) is 3.30. The lowest BCUT2D eigenvalue weighted by atomic mass is 10.0. The molecule has 1 aromatic carbocycles. The molecule has 0 spiro atoms. The number of rotatable bonds is 9. The van der Waals surface area contributed by atoms with Gasteiger partial charge in [-0.15, -0.1) is 0 Å². The first-order chi connectivity index (χ1) is 19.3. The summed E-state index contributed by atoms with van der Waals surface area (Å²) in [6, 6.07) is 10.6. The number of anilines is 1. The van der Waals surface area contributed by atoms with Gasteiger partial charge in [0.25, 0.3) is 5.91 Å². The van der Waals surface area contributed by atoms with Gasteiger partial charge in [-0.05, 0) is 57.5 Å². The largest absolute Gasteiger partial charge is 0.381 e. The molecule has 4 heterocycles. The summed E-state index contributed by atoms with van der Waals surface area (Å²) in [7, 11) is 1.86. The summed E-state index contributed by atoms with van der Waals surface area (Å²) in [6.07, 6.45) is 3.34. The minimum Gasteiger partial charge on any atom is -0.381 e. The fourth-order valence-electron chi connectivity index (χ4n) is 5.02. The lowest BCUT2D eigenvalue weighted by molar-refractivity contribution is -0.125. The molecule has 2 aromatic heterocycles. The molecule has 5 rings (SSSR count). The molecule has 11 heteroatoms. The third-order valence-electron chi connectivity index (χ3n) is 7.35. The molecule has 0 saturated carbocycles. The smallest absolute Gasteiger partial charge is 0.255 e. The first kappa shape index (κ1) is 27.9. The summed E-state index contributed by atoms with van der Waals surface area (Å²) in [5.41, 5.74) is 4.32. The first-order valence-electron chi connectivity index (χ1n) is 13.6. The molecule has 3 N–H and O–H groups in total. The molecule has 3 aromatic rings. The second-order valence-electron chi connectivity index (χ2n) is 10.2. The van der Waals surface area contributed by atoms with Gasteiger partial charge in [0.1, 0.15) is 6.04 Å². The van der Waals surface area contributed by atoms with Gasteiger partial charge in [0.15, 0.2) is 0 Å². The van der Waals surface area contributed by atoms with Gasteiger partial charge in [-0.25, -0.2) is 9.97 Å². The molecule has 0 bridgehead atoms. The maximum Gasteiger partial charge on any atom is 0.255 e. The lowest BCUT2D eigenvalue weighted by Gasteiger charge is -2.25. The van der Waals surface area contributed by atoms with Crippen molar-refractivity contribution in [3.63, 3.8) is 0 Å². The number of hydrogen-bond acceptors (Lipinski definition) is 8. The van der Waals surface area contributed by atoms with E-state index < -0.39 is 6.04 Å². The molecular weight excluding hydrogens is 530 g/mol. The SMILES string of the molecule is CNCc1cccc([C@@H](C)NC(=O)[C@@H](C)N2Cc3ccc(-c4nc(NC5CCOCC5)ncc4Cl)cc3C2=O)n1. The van der Waals surface area contributed by atoms with E-state index in [1.807, 2.05) is 44.3 Å². The molecule has 2 aliphatic rings. The highest BCUT2D eigenvalue weighted by Gasteiger charge is 2.35. The van der Waals surface area contributed by atoms with Gasteiger partial charge in [0, 0.05) is 43.5 Å². The lowest BCUT2D eigenvalue weighted by Crippen LogP contribution is -2.46. The van der Waals surface area contributed by atoms with Crippen LogP contribution in [0.5, 0.6) is 0 Å². The maximum atomic E-state index is 13.4. The number of benzene rings is 1. The summed E-state index contributed by atoms with van der Waals surface area (Å²) in [4.78, 5) is 41.8. The Morgan fingerprint density at radius 2 is 1.98 bits per heavy atom. The zero-order valence-corrected chi connectivity index (χ0v) is 23.7. The third-order valence-corrected chi connectivity index (χ3v) is 7.63. The highest BCUT2D eigenvalue weighted by atomic mass is 35.5. The average molecular weight is 564 g/mol. The number of carbonyl (C=O) groups is 2. The van der Waals surface area contributed by atoms with Gasteiger partial charge >= 0.3 is 0 Å². The van der Waals surface area contributed by atoms with Crippen molar-refractivity contribution in [2.75, 3.05) is 25.6 Å². The molecule has 1 saturated heterocycles. The zero-order chi connectivity index (χ0) is 28.2. The highest BCUT2D eigenvalue weighted by Crippen LogP contribution is 2.32. The van der Waals surface area contributed by atoms with Gasteiger partial charge in [0.05, 0.1) is 34.3 Å². The minimum atomic E-state index is -0.663. The Hall–Kier alpha value is -3.60. The van der Waals surface area contributed by atoms with Gasteiger partial charge < -0.3 is 25.6 Å². The number of fused-ring (bicyclic) bond motifs is 1. The van der Waals surface area contributed by atoms with Crippen LogP contribution < -0.4 is 16.0 Å². The monoisotopic (exact) mass is 563 g/mol. The fraction of sp³-hybridized carbons (Fsp3) is 0.414. The fourth-order valence-corrected chi connectivity index (χ4v) is 5.22. The van der Waals surface area contributed by atoms with E-state index in [0.717, 1.165) is 35.4 Å². The third kappa shape index (κ3) is 6.09. The topological polar surface area (TPSA) is 121 Å². The Bertz CT molecular complexity index is 1400. The van der Waals surface area contributed by atoms with E-state index in [4.69, 9.17) is 16.3 Å². The van der Waals surface area contributed by atoms with E-state index >= 15 is 0 Å². The van der Waals surface area contributed by atoms with Crippen LogP contribution in [0.4, 0.5) is 5.95 Å². The Labute approximate surface area is 238 Å². The maximum absolute atomic E-state index is 13.4. The number of nitrogens with one attached hydrogen (secondary N) is 3. The number of aromatic nitrogens is 3. The molecule has 40 heavy (non-hydrogen) atoms. The van der Waals surface area contributed by atoms with Crippen molar-refractivity contribution in [1.82, 2.24) is 30.5 Å². The van der Waals surface area contributed by atoms with Crippen molar-refractivity contribution in [3.05, 3.63) is 70.1 Å². The quantitative estimate of drug-likeness (QED) is 0.360. The van der Waals surface area contributed by atoms with Crippen LogP contribution in [0.1, 0.15) is 60.0 Å². The predicted molar refractivity (Wildman–Crippen MR) is 153 cm³/mol. The van der Waals surface area contributed by atoms with Crippen LogP contribution in [0, 0.1) is 0 Å². The molecule has 1 fully saturated rings. The molecular formula is C29H34ClN7O3. The van der Waals surface area contributed by atoms with E-state index in [-0.39, 0.29) is 23.9 Å². The normalized spacial score (nSPS) is 16.9. The summed E-state index contributed by atoms with van der Waals surface area (Å²) in [5, 5.41) is 9.85. The van der Waals surface area contributed by atoms with Crippen LogP contribution in [0.3, 0.4) is 0 Å². The summed E-state index contributed by atoms with van der Waals surface area (Å²) < 4.78 is 5.43. The van der Waals surface area contributed by atoms with Crippen molar-refractivity contribution < 1.29 is 14.3 Å². The molecule has 210 valence electrons. The summed E-state index contributed by atoms with van der Waals surface area (Å²) in [5.74, 6) is 0.0505. The van der Waals surface area contributed by atoms with Crippen LogP contribution in [0.15, 0.2) is 42.6 Å². The zero-order valence-electron chi connectivity index (χ0n) is 22.9. The first-order valence-corrected chi connectivity index (χ1v) is 13.9. The predicted octanol–water partition coefficient (Wildman–Crippen LogP) is 3.72. The molecule has 2 atom stereocenters. The van der Waals surface area contributed by atoms with Gasteiger partial charge in [-0.1, -0.05) is 29.8 Å². The van der Waals surface area contributed by atoms with Crippen LogP contribution >= 0.6 is 11.6 Å². The second kappa shape index (κ2) is 12.3. The van der Waals surface area contributed by atoms with Crippen molar-refractivity contribution in [3.8, 4) is 11.3 Å². The number of ether oxygens (including phenoxy) is 1. The van der Waals surface area contributed by atoms with Crippen molar-refractivity contribution >= 4 is 29.4 Å². The van der Waals surface area contributed by atoms with Crippen LogP contribution in [-0.4, -0.2) is 64.0 Å². The standard InChI is InChI=1S/C29H34ClN7O3/c1-17(25-6-4-5-22(34-25)14-31-3)33-27(38)18(2)37-16-20-8-7-19(13-23(20)28(37)39)26-24(30)15-32-29(36-26)35-21-9-11-40-12-10-21/h4-8,13,15,17-18,21,31H,9-12,14,16H2,1-3H3,(H,33,38)(H,32,35,36)/t17-,18-/m1/s1. The van der Waals surface area contributed by atoms with E-state index in [1.54, 1.807) is 24.1 Å².